The summed E-state index contributed by atoms with van der Waals surface area (Å²) in [6.07, 6.45) is 1.63. The summed E-state index contributed by atoms with van der Waals surface area (Å²) in [4.78, 5) is 10.9. The molecule has 1 aliphatic carbocycles. The molecule has 0 spiro atoms. The Labute approximate surface area is 116 Å². The van der Waals surface area contributed by atoms with Gasteiger partial charge in [-0.1, -0.05) is 0 Å². The molecule has 0 aliphatic heterocycles. The molecule has 1 aliphatic rings. The van der Waals surface area contributed by atoms with Crippen molar-refractivity contribution in [2.45, 2.75) is 30.2 Å². The molecule has 1 amide bonds. The summed E-state index contributed by atoms with van der Waals surface area (Å²) in [6, 6.07) is 3.31. The molecule has 0 bridgehead atoms. The first-order valence-electron chi connectivity index (χ1n) is 6.24. The van der Waals surface area contributed by atoms with Crippen molar-refractivity contribution in [1.82, 2.24) is 4.72 Å². The van der Waals surface area contributed by atoms with Crippen LogP contribution in [0.3, 0.4) is 0 Å². The van der Waals surface area contributed by atoms with E-state index in [0.717, 1.165) is 25.0 Å². The van der Waals surface area contributed by atoms with Crippen LogP contribution in [-0.2, 0) is 14.8 Å². The van der Waals surface area contributed by atoms with Gasteiger partial charge in [-0.15, -0.1) is 0 Å². The van der Waals surface area contributed by atoms with E-state index in [1.165, 1.54) is 6.07 Å². The lowest BCUT2D eigenvalue weighted by atomic mass is 10.3. The van der Waals surface area contributed by atoms with E-state index in [1.807, 2.05) is 0 Å². The van der Waals surface area contributed by atoms with Crippen LogP contribution in [0.4, 0.5) is 10.1 Å². The van der Waals surface area contributed by atoms with E-state index >= 15 is 0 Å². The van der Waals surface area contributed by atoms with E-state index < -0.39 is 20.7 Å². The molecular formula is C12H16FN3O3S. The van der Waals surface area contributed by atoms with Crippen LogP contribution in [0.1, 0.15) is 19.3 Å². The number of sulfonamides is 1. The van der Waals surface area contributed by atoms with E-state index in [-0.39, 0.29) is 30.6 Å². The Balaban J connectivity index is 2.21. The summed E-state index contributed by atoms with van der Waals surface area (Å²) < 4.78 is 40.0. The molecule has 1 saturated carbocycles. The van der Waals surface area contributed by atoms with Crippen LogP contribution >= 0.6 is 0 Å². The van der Waals surface area contributed by atoms with E-state index in [1.54, 1.807) is 0 Å². The van der Waals surface area contributed by atoms with Gasteiger partial charge in [0.05, 0.1) is 0 Å². The second-order valence-electron chi connectivity index (χ2n) is 4.63. The minimum absolute atomic E-state index is 0.111. The Kier molecular flexibility index (Phi) is 4.36. The minimum atomic E-state index is -3.90. The van der Waals surface area contributed by atoms with Crippen LogP contribution in [0.2, 0.25) is 0 Å². The topological polar surface area (TPSA) is 101 Å². The first-order chi connectivity index (χ1) is 9.42. The van der Waals surface area contributed by atoms with E-state index in [2.05, 4.69) is 10.0 Å². The second-order valence-corrected chi connectivity index (χ2v) is 6.31. The summed E-state index contributed by atoms with van der Waals surface area (Å²) in [5.74, 6) is -1.20. The zero-order valence-corrected chi connectivity index (χ0v) is 11.5. The Morgan fingerprint density at radius 1 is 1.40 bits per heavy atom. The van der Waals surface area contributed by atoms with E-state index in [0.29, 0.717) is 0 Å². The van der Waals surface area contributed by atoms with Crippen molar-refractivity contribution in [3.63, 3.8) is 0 Å². The van der Waals surface area contributed by atoms with Crippen LogP contribution in [0.25, 0.3) is 0 Å². The van der Waals surface area contributed by atoms with Gasteiger partial charge in [-0.3, -0.25) is 4.79 Å². The van der Waals surface area contributed by atoms with Crippen molar-refractivity contribution in [3.8, 4) is 0 Å². The lowest BCUT2D eigenvalue weighted by molar-refractivity contribution is -0.116. The van der Waals surface area contributed by atoms with Gasteiger partial charge in [0.1, 0.15) is 10.7 Å². The highest BCUT2D eigenvalue weighted by Crippen LogP contribution is 2.25. The molecule has 0 saturated heterocycles. The van der Waals surface area contributed by atoms with Gasteiger partial charge < -0.3 is 11.1 Å². The molecule has 4 N–H and O–H groups in total. The average molecular weight is 301 g/mol. The number of nitrogens with two attached hydrogens (primary N) is 1. The Hall–Kier alpha value is -1.51. The highest BCUT2D eigenvalue weighted by molar-refractivity contribution is 7.89. The summed E-state index contributed by atoms with van der Waals surface area (Å²) in [6.45, 7) is 0.182. The second kappa shape index (κ2) is 5.86. The predicted molar refractivity (Wildman–Crippen MR) is 72.0 cm³/mol. The molecule has 20 heavy (non-hydrogen) atoms. The number of benzene rings is 1. The number of carbonyl (C=O) groups is 1. The average Bonchev–Trinajstić information content (AvgIpc) is 3.15. The van der Waals surface area contributed by atoms with Crippen molar-refractivity contribution in [1.29, 1.82) is 0 Å². The Morgan fingerprint density at radius 2 is 2.10 bits per heavy atom. The Bertz CT molecular complexity index is 614. The summed E-state index contributed by atoms with van der Waals surface area (Å²) >= 11 is 0. The molecule has 1 aromatic rings. The minimum Gasteiger partial charge on any atom is -0.330 e. The first kappa shape index (κ1) is 14.9. The number of halogens is 1. The Morgan fingerprint density at radius 3 is 2.70 bits per heavy atom. The molecule has 2 rings (SSSR count). The molecule has 0 heterocycles. The molecule has 0 unspecified atom stereocenters. The molecule has 1 aromatic carbocycles. The normalized spacial score (nSPS) is 15.1. The van der Waals surface area contributed by atoms with Gasteiger partial charge in [0.25, 0.3) is 0 Å². The summed E-state index contributed by atoms with van der Waals surface area (Å²) in [5.41, 5.74) is 5.46. The van der Waals surface area contributed by atoms with Gasteiger partial charge in [-0.25, -0.2) is 17.5 Å². The predicted octanol–water partition coefficient (Wildman–Crippen LogP) is 0.554. The molecular weight excluding hydrogens is 285 g/mol. The van der Waals surface area contributed by atoms with Crippen LogP contribution in [-0.4, -0.2) is 26.9 Å². The zero-order valence-electron chi connectivity index (χ0n) is 10.7. The third-order valence-electron chi connectivity index (χ3n) is 2.78. The number of hydrogen-bond acceptors (Lipinski definition) is 4. The van der Waals surface area contributed by atoms with Crippen LogP contribution < -0.4 is 15.8 Å². The van der Waals surface area contributed by atoms with Crippen molar-refractivity contribution in [2.75, 3.05) is 11.9 Å². The smallest absolute Gasteiger partial charge is 0.243 e. The molecule has 8 heteroatoms. The number of carbonyl (C=O) groups excluding carboxylic acids is 1. The highest BCUT2D eigenvalue weighted by Gasteiger charge is 2.29. The van der Waals surface area contributed by atoms with Gasteiger partial charge in [0, 0.05) is 24.7 Å². The van der Waals surface area contributed by atoms with Crippen LogP contribution in [0.15, 0.2) is 23.1 Å². The van der Waals surface area contributed by atoms with E-state index in [9.17, 15) is 17.6 Å². The van der Waals surface area contributed by atoms with Crippen LogP contribution in [0.5, 0.6) is 0 Å². The lowest BCUT2D eigenvalue weighted by Gasteiger charge is -2.09. The van der Waals surface area contributed by atoms with Gasteiger partial charge in [-0.2, -0.15) is 0 Å². The zero-order chi connectivity index (χ0) is 14.8. The largest absolute Gasteiger partial charge is 0.330 e. The fourth-order valence-electron chi connectivity index (χ4n) is 1.63. The maximum Gasteiger partial charge on any atom is 0.243 e. The molecule has 1 fully saturated rings. The van der Waals surface area contributed by atoms with Crippen molar-refractivity contribution >= 4 is 21.6 Å². The quantitative estimate of drug-likeness (QED) is 0.714. The van der Waals surface area contributed by atoms with Gasteiger partial charge in [0.2, 0.25) is 15.9 Å². The van der Waals surface area contributed by atoms with Gasteiger partial charge in [0.15, 0.2) is 0 Å². The fourth-order valence-corrected chi connectivity index (χ4v) is 3.03. The molecule has 0 radical (unpaired) electrons. The van der Waals surface area contributed by atoms with Gasteiger partial charge in [-0.05, 0) is 31.0 Å². The number of anilines is 1. The number of rotatable bonds is 6. The fraction of sp³-hybridized carbons (Fsp3) is 0.417. The first-order valence-corrected chi connectivity index (χ1v) is 7.72. The van der Waals surface area contributed by atoms with Crippen molar-refractivity contribution in [3.05, 3.63) is 24.0 Å². The lowest BCUT2D eigenvalue weighted by Crippen LogP contribution is -2.26. The highest BCUT2D eigenvalue weighted by atomic mass is 32.2. The maximum atomic E-state index is 13.7. The maximum absolute atomic E-state index is 13.7. The monoisotopic (exact) mass is 301 g/mol. The molecule has 110 valence electrons. The van der Waals surface area contributed by atoms with Gasteiger partial charge >= 0.3 is 0 Å². The summed E-state index contributed by atoms with van der Waals surface area (Å²) in [7, 11) is -3.90. The third kappa shape index (κ3) is 3.75. The van der Waals surface area contributed by atoms with Crippen molar-refractivity contribution in [2.24, 2.45) is 5.73 Å². The summed E-state index contributed by atoms with van der Waals surface area (Å²) in [5, 5.41) is 2.47. The third-order valence-corrected chi connectivity index (χ3v) is 4.31. The van der Waals surface area contributed by atoms with E-state index in [4.69, 9.17) is 5.73 Å². The van der Waals surface area contributed by atoms with Crippen molar-refractivity contribution < 1.29 is 17.6 Å². The number of hydrogen-bond donors (Lipinski definition) is 3. The SMILES string of the molecule is NCCC(=O)Nc1ccc(F)c(S(=O)(=O)NC2CC2)c1. The molecule has 0 aromatic heterocycles. The number of nitrogens with one attached hydrogen (secondary N) is 2. The molecule has 6 nitrogen and oxygen atoms in total. The molecule has 0 atom stereocenters. The van der Waals surface area contributed by atoms with Crippen LogP contribution in [0, 0.1) is 5.82 Å². The standard InChI is InChI=1S/C12H16FN3O3S/c13-10-4-3-9(15-12(17)5-6-14)7-11(10)20(18,19)16-8-1-2-8/h3-4,7-8,16H,1-2,5-6,14H2,(H,15,17). The number of amides is 1.